The van der Waals surface area contributed by atoms with Gasteiger partial charge in [-0.15, -0.1) is 0 Å². The van der Waals surface area contributed by atoms with E-state index in [1.165, 1.54) is 411 Å². The molecule has 1 aliphatic heterocycles. The van der Waals surface area contributed by atoms with Gasteiger partial charge in [0, 0.05) is 6.42 Å². The molecule has 7 unspecified atom stereocenters. The third kappa shape index (κ3) is 62.0. The zero-order chi connectivity index (χ0) is 67.8. The minimum Gasteiger partial charge on any atom is -0.394 e. The van der Waals surface area contributed by atoms with Gasteiger partial charge in [-0.2, -0.15) is 0 Å². The van der Waals surface area contributed by atoms with Crippen molar-refractivity contribution in [3.8, 4) is 0 Å². The number of carbonyl (C=O) groups excluding carboxylic acids is 1. The fourth-order valence-electron chi connectivity index (χ4n) is 14.5. The molecule has 1 rings (SSSR count). The standard InChI is InChI=1S/C85H167NO8/c1-3-5-7-9-11-13-15-17-19-21-23-25-27-29-31-33-35-37-38-39-40-41-43-45-47-49-51-53-55-57-59-61-63-65-67-69-71-73-75-81(89)86-78(77-93-85-84(92)83(91)82(90)80(76-87)94-85)79(88)74-72-70-68-66-64-62-60-58-56-54-52-50-48-46-44-42-36-34-32-30-28-26-24-22-20-18-16-14-12-10-8-6-4-2/h72,74,78-80,82-85,87-88,90-92H,3-71,73,75-77H2,1-2H3,(H,86,89)/b74-72+. The van der Waals surface area contributed by atoms with E-state index >= 15 is 0 Å². The highest BCUT2D eigenvalue weighted by Gasteiger charge is 2.44. The lowest BCUT2D eigenvalue weighted by Crippen LogP contribution is -2.60. The van der Waals surface area contributed by atoms with E-state index in [0.717, 1.165) is 38.5 Å². The first-order chi connectivity index (χ1) is 46.3. The Bertz CT molecular complexity index is 1500. The summed E-state index contributed by atoms with van der Waals surface area (Å²) in [6, 6.07) is -0.804. The lowest BCUT2D eigenvalue weighted by Gasteiger charge is -2.40. The van der Waals surface area contributed by atoms with Gasteiger partial charge >= 0.3 is 0 Å². The van der Waals surface area contributed by atoms with Crippen LogP contribution in [-0.2, 0) is 14.3 Å². The Balaban J connectivity index is 2.02. The van der Waals surface area contributed by atoms with Crippen molar-refractivity contribution in [3.05, 3.63) is 12.2 Å². The summed E-state index contributed by atoms with van der Waals surface area (Å²) < 4.78 is 11.4. The monoisotopic (exact) mass is 1330 g/mol. The summed E-state index contributed by atoms with van der Waals surface area (Å²) in [5.74, 6) is -0.164. The number of hydrogen-bond donors (Lipinski definition) is 6. The van der Waals surface area contributed by atoms with Crippen molar-refractivity contribution in [1.29, 1.82) is 0 Å². The Morgan fingerprint density at radius 2 is 0.585 bits per heavy atom. The Morgan fingerprint density at radius 1 is 0.351 bits per heavy atom. The number of ether oxygens (including phenoxy) is 2. The van der Waals surface area contributed by atoms with E-state index in [2.05, 4.69) is 19.2 Å². The number of aliphatic hydroxyl groups is 5. The van der Waals surface area contributed by atoms with Crippen LogP contribution in [0.5, 0.6) is 0 Å². The predicted molar refractivity (Wildman–Crippen MR) is 406 cm³/mol. The second-order valence-electron chi connectivity index (χ2n) is 30.4. The third-order valence-corrected chi connectivity index (χ3v) is 21.1. The van der Waals surface area contributed by atoms with Crippen LogP contribution in [0.15, 0.2) is 12.2 Å². The number of allylic oxidation sites excluding steroid dienone is 1. The van der Waals surface area contributed by atoms with Crippen LogP contribution >= 0.6 is 0 Å². The van der Waals surface area contributed by atoms with E-state index in [0.29, 0.717) is 6.42 Å². The summed E-state index contributed by atoms with van der Waals surface area (Å²) in [4.78, 5) is 13.2. The van der Waals surface area contributed by atoms with Crippen LogP contribution in [0.4, 0.5) is 0 Å². The molecule has 1 aliphatic rings. The molecule has 0 aromatic rings. The second-order valence-corrected chi connectivity index (χ2v) is 30.4. The Labute approximate surface area is 586 Å². The molecular formula is C85H167NO8. The number of rotatable bonds is 78. The van der Waals surface area contributed by atoms with Gasteiger partial charge in [0.25, 0.3) is 0 Å². The quantitative estimate of drug-likeness (QED) is 0.0261. The number of amides is 1. The van der Waals surface area contributed by atoms with Crippen LogP contribution in [0.1, 0.15) is 470 Å². The molecule has 1 heterocycles. The molecule has 9 heteroatoms. The van der Waals surface area contributed by atoms with Gasteiger partial charge < -0.3 is 40.3 Å². The van der Waals surface area contributed by atoms with Gasteiger partial charge in [0.05, 0.1) is 25.4 Å². The molecule has 0 saturated carbocycles. The third-order valence-electron chi connectivity index (χ3n) is 21.1. The van der Waals surface area contributed by atoms with E-state index in [1.807, 2.05) is 6.08 Å². The molecular weight excluding hydrogens is 1160 g/mol. The highest BCUT2D eigenvalue weighted by atomic mass is 16.7. The van der Waals surface area contributed by atoms with Gasteiger partial charge in [0.1, 0.15) is 24.4 Å². The second kappa shape index (κ2) is 74.6. The van der Waals surface area contributed by atoms with Crippen LogP contribution < -0.4 is 5.32 Å². The largest absolute Gasteiger partial charge is 0.394 e. The lowest BCUT2D eigenvalue weighted by atomic mass is 9.99. The molecule has 0 aromatic heterocycles. The predicted octanol–water partition coefficient (Wildman–Crippen LogP) is 24.9. The molecule has 0 aromatic carbocycles. The number of carbonyl (C=O) groups is 1. The number of nitrogens with one attached hydrogen (secondary N) is 1. The Morgan fingerprint density at radius 3 is 0.830 bits per heavy atom. The molecule has 1 amide bonds. The maximum Gasteiger partial charge on any atom is 0.220 e. The van der Waals surface area contributed by atoms with Crippen molar-refractivity contribution in [2.24, 2.45) is 0 Å². The van der Waals surface area contributed by atoms with Crippen molar-refractivity contribution in [1.82, 2.24) is 5.32 Å². The molecule has 7 atom stereocenters. The molecule has 560 valence electrons. The van der Waals surface area contributed by atoms with Gasteiger partial charge in [-0.05, 0) is 19.3 Å². The normalized spacial score (nSPS) is 17.5. The fraction of sp³-hybridized carbons (Fsp3) is 0.965. The summed E-state index contributed by atoms with van der Waals surface area (Å²) in [7, 11) is 0. The maximum absolute atomic E-state index is 13.2. The van der Waals surface area contributed by atoms with Crippen molar-refractivity contribution in [2.45, 2.75) is 513 Å². The SMILES string of the molecule is CCCCCCCCCCCCCCCCCCCCCCCCCCCCCCCCC/C=C/C(O)C(COC1OC(CO)C(O)C(O)C1O)NC(=O)CCCCCCCCCCCCCCCCCCCCCCCCCCCCCCCCCCCCCCCC. The summed E-state index contributed by atoms with van der Waals surface area (Å²) in [5, 5.41) is 55.0. The van der Waals surface area contributed by atoms with Crippen LogP contribution in [0, 0.1) is 0 Å². The summed E-state index contributed by atoms with van der Waals surface area (Å²) >= 11 is 0. The van der Waals surface area contributed by atoms with Gasteiger partial charge in [-0.3, -0.25) is 4.79 Å². The molecule has 0 spiro atoms. The lowest BCUT2D eigenvalue weighted by molar-refractivity contribution is -0.302. The van der Waals surface area contributed by atoms with Gasteiger partial charge in [0.15, 0.2) is 6.29 Å². The topological polar surface area (TPSA) is 149 Å². The summed E-state index contributed by atoms with van der Waals surface area (Å²) in [6.45, 7) is 3.86. The van der Waals surface area contributed by atoms with Gasteiger partial charge in [-0.1, -0.05) is 456 Å². The number of hydrogen-bond acceptors (Lipinski definition) is 8. The first kappa shape index (κ1) is 90.9. The van der Waals surface area contributed by atoms with Crippen LogP contribution in [0.2, 0.25) is 0 Å². The van der Waals surface area contributed by atoms with Crippen LogP contribution in [-0.4, -0.2) is 87.5 Å². The zero-order valence-corrected chi connectivity index (χ0v) is 63.3. The first-order valence-electron chi connectivity index (χ1n) is 42.9. The van der Waals surface area contributed by atoms with E-state index in [-0.39, 0.29) is 12.5 Å². The number of unbranched alkanes of at least 4 members (excludes halogenated alkanes) is 68. The fourth-order valence-corrected chi connectivity index (χ4v) is 14.5. The van der Waals surface area contributed by atoms with E-state index in [9.17, 15) is 30.3 Å². The first-order valence-corrected chi connectivity index (χ1v) is 42.9. The Kier molecular flexibility index (Phi) is 72.2. The molecule has 0 bridgehead atoms. The number of aliphatic hydroxyl groups excluding tert-OH is 5. The highest BCUT2D eigenvalue weighted by Crippen LogP contribution is 2.25. The Hall–Kier alpha value is -1.07. The minimum atomic E-state index is -1.57. The van der Waals surface area contributed by atoms with Crippen molar-refractivity contribution < 1.29 is 39.8 Å². The summed E-state index contributed by atoms with van der Waals surface area (Å²) in [6.07, 6.45) is 92.6. The molecule has 6 N–H and O–H groups in total. The average Bonchev–Trinajstić information content (AvgIpc) is 0.833. The smallest absolute Gasteiger partial charge is 0.220 e. The van der Waals surface area contributed by atoms with Crippen molar-refractivity contribution in [2.75, 3.05) is 13.2 Å². The molecule has 0 radical (unpaired) electrons. The van der Waals surface area contributed by atoms with E-state index in [1.54, 1.807) is 6.08 Å². The van der Waals surface area contributed by atoms with Crippen molar-refractivity contribution in [3.63, 3.8) is 0 Å². The van der Waals surface area contributed by atoms with Gasteiger partial charge in [0.2, 0.25) is 5.91 Å². The zero-order valence-electron chi connectivity index (χ0n) is 63.3. The molecule has 0 aliphatic carbocycles. The molecule has 9 nitrogen and oxygen atoms in total. The minimum absolute atomic E-state index is 0.164. The highest BCUT2D eigenvalue weighted by molar-refractivity contribution is 5.76. The molecule has 1 fully saturated rings. The van der Waals surface area contributed by atoms with Gasteiger partial charge in [-0.25, -0.2) is 0 Å². The van der Waals surface area contributed by atoms with Crippen molar-refractivity contribution >= 4 is 5.91 Å². The maximum atomic E-state index is 13.2. The van der Waals surface area contributed by atoms with Crippen LogP contribution in [0.3, 0.4) is 0 Å². The molecule has 1 saturated heterocycles. The average molecular weight is 1330 g/mol. The molecule has 94 heavy (non-hydrogen) atoms. The summed E-state index contributed by atoms with van der Waals surface area (Å²) in [5.41, 5.74) is 0. The van der Waals surface area contributed by atoms with E-state index < -0.39 is 49.5 Å². The van der Waals surface area contributed by atoms with E-state index in [4.69, 9.17) is 9.47 Å². The van der Waals surface area contributed by atoms with Crippen LogP contribution in [0.25, 0.3) is 0 Å².